The number of urea groups is 1. The number of nitrogens with zero attached hydrogens (tertiary/aromatic N) is 3. The highest BCUT2D eigenvalue weighted by atomic mass is 35.5. The molecule has 0 saturated carbocycles. The maximum Gasteiger partial charge on any atom is 0.345 e. The second-order valence-corrected chi connectivity index (χ2v) is 12.6. The Morgan fingerprint density at radius 1 is 1.11 bits per heavy atom. The van der Waals surface area contributed by atoms with Crippen molar-refractivity contribution < 1.29 is 36.3 Å². The van der Waals surface area contributed by atoms with Crippen molar-refractivity contribution in [3.63, 3.8) is 0 Å². The number of alkyl halides is 2. The smallest absolute Gasteiger partial charge is 0.345 e. The van der Waals surface area contributed by atoms with E-state index in [1.165, 1.54) is 37.5 Å². The monoisotopic (exact) mass is 652 g/mol. The summed E-state index contributed by atoms with van der Waals surface area (Å²) >= 11 is 5.88. The summed E-state index contributed by atoms with van der Waals surface area (Å²) in [6.07, 6.45) is 2.72. The molecule has 1 aliphatic rings. The number of anilines is 1. The molecular formula is C28H31ClF2N6O6S. The Labute approximate surface area is 257 Å². The van der Waals surface area contributed by atoms with Crippen LogP contribution in [0.2, 0.25) is 5.02 Å². The largest absolute Gasteiger partial charge is 0.472 e. The number of nitrogens with one attached hydrogen (secondary N) is 2. The Balaban J connectivity index is 1.48. The average Bonchev–Trinajstić information content (AvgIpc) is 3.41. The van der Waals surface area contributed by atoms with Crippen molar-refractivity contribution in [2.45, 2.75) is 43.0 Å². The fourth-order valence-corrected chi connectivity index (χ4v) is 5.64. The van der Waals surface area contributed by atoms with Gasteiger partial charge in [0.1, 0.15) is 11.9 Å². The van der Waals surface area contributed by atoms with E-state index in [2.05, 4.69) is 25.3 Å². The number of amides is 3. The summed E-state index contributed by atoms with van der Waals surface area (Å²) in [7, 11) is -3.43. The second-order valence-electron chi connectivity index (χ2n) is 9.84. The van der Waals surface area contributed by atoms with Gasteiger partial charge < -0.3 is 30.7 Å². The predicted octanol–water partition coefficient (Wildman–Crippen LogP) is 3.33. The number of ether oxygens (including phenoxy) is 2. The maximum atomic E-state index is 13.2. The zero-order valence-corrected chi connectivity index (χ0v) is 25.1. The molecule has 0 spiro atoms. The third-order valence-corrected chi connectivity index (χ3v) is 8.86. The number of aromatic nitrogens is 2. The van der Waals surface area contributed by atoms with Gasteiger partial charge in [0.25, 0.3) is 5.91 Å². The van der Waals surface area contributed by atoms with Crippen molar-refractivity contribution in [2.75, 3.05) is 30.3 Å². The average molecular weight is 653 g/mol. The molecule has 236 valence electrons. The number of benzene rings is 1. The quantitative estimate of drug-likeness (QED) is 0.251. The summed E-state index contributed by atoms with van der Waals surface area (Å²) in [5, 5.41) is 5.68. The Bertz CT molecular complexity index is 1530. The Kier molecular flexibility index (Phi) is 10.9. The number of carbonyl (C=O) groups excluding carboxylic acids is 2. The van der Waals surface area contributed by atoms with E-state index in [9.17, 15) is 26.8 Å². The lowest BCUT2D eigenvalue weighted by molar-refractivity contribution is -0.131. The number of pyridine rings is 2. The van der Waals surface area contributed by atoms with Crippen molar-refractivity contribution >= 4 is 39.2 Å². The summed E-state index contributed by atoms with van der Waals surface area (Å²) in [4.78, 5) is 34.9. The predicted molar refractivity (Wildman–Crippen MR) is 158 cm³/mol. The fraction of sp³-hybridized carbons (Fsp3) is 0.357. The van der Waals surface area contributed by atoms with E-state index in [0.717, 1.165) is 0 Å². The molecule has 0 radical (unpaired) electrons. The minimum Gasteiger partial charge on any atom is -0.472 e. The van der Waals surface area contributed by atoms with Crippen LogP contribution in [0.4, 0.5) is 19.4 Å². The maximum absolute atomic E-state index is 13.2. The molecule has 0 aliphatic carbocycles. The topological polar surface area (TPSA) is 166 Å². The van der Waals surface area contributed by atoms with Gasteiger partial charge in [-0.25, -0.2) is 23.2 Å². The molecule has 44 heavy (non-hydrogen) atoms. The highest BCUT2D eigenvalue weighted by Gasteiger charge is 2.35. The summed E-state index contributed by atoms with van der Waals surface area (Å²) in [5.41, 5.74) is 5.93. The van der Waals surface area contributed by atoms with Crippen molar-refractivity contribution in [2.24, 2.45) is 5.73 Å². The Morgan fingerprint density at radius 3 is 2.45 bits per heavy atom. The lowest BCUT2D eigenvalue weighted by Gasteiger charge is -2.25. The van der Waals surface area contributed by atoms with Crippen LogP contribution in [-0.2, 0) is 14.6 Å². The molecule has 3 aromatic rings. The van der Waals surface area contributed by atoms with Gasteiger partial charge in [0, 0.05) is 31.4 Å². The highest BCUT2D eigenvalue weighted by molar-refractivity contribution is 7.91. The molecule has 3 amide bonds. The summed E-state index contributed by atoms with van der Waals surface area (Å²) < 4.78 is 60.5. The zero-order chi connectivity index (χ0) is 31.9. The highest BCUT2D eigenvalue weighted by Crippen LogP contribution is 2.28. The Hall–Kier alpha value is -4.08. The van der Waals surface area contributed by atoms with Gasteiger partial charge >= 0.3 is 12.6 Å². The van der Waals surface area contributed by atoms with Crippen LogP contribution in [0.1, 0.15) is 35.3 Å². The number of halogens is 3. The minimum absolute atomic E-state index is 0.0596. The summed E-state index contributed by atoms with van der Waals surface area (Å²) in [6.45, 7) is -1.45. The van der Waals surface area contributed by atoms with E-state index >= 15 is 0 Å². The molecule has 0 unspecified atom stereocenters. The Morgan fingerprint density at radius 2 is 1.86 bits per heavy atom. The van der Waals surface area contributed by atoms with Crippen molar-refractivity contribution in [3.05, 3.63) is 77.1 Å². The van der Waals surface area contributed by atoms with Crippen molar-refractivity contribution in [1.82, 2.24) is 20.6 Å². The fourth-order valence-electron chi connectivity index (χ4n) is 4.65. The lowest BCUT2D eigenvalue weighted by Crippen LogP contribution is -2.40. The van der Waals surface area contributed by atoms with Gasteiger partial charge in [0.2, 0.25) is 5.88 Å². The molecule has 1 saturated heterocycles. The van der Waals surface area contributed by atoms with Crippen molar-refractivity contribution in [3.8, 4) is 5.88 Å². The third-order valence-electron chi connectivity index (χ3n) is 6.89. The van der Waals surface area contributed by atoms with Crippen LogP contribution in [0, 0.1) is 0 Å². The molecular weight excluding hydrogens is 622 g/mol. The third kappa shape index (κ3) is 8.74. The number of hydrogen-bond acceptors (Lipinski definition) is 9. The number of nitrogens with two attached hydrogens (primary N) is 1. The summed E-state index contributed by atoms with van der Waals surface area (Å²) in [5.74, 6) is 0.152. The molecule has 16 heteroatoms. The van der Waals surface area contributed by atoms with Crippen LogP contribution in [0.5, 0.6) is 5.88 Å². The molecule has 1 aliphatic heterocycles. The van der Waals surface area contributed by atoms with Crippen LogP contribution in [0.25, 0.3) is 0 Å². The van der Waals surface area contributed by atoms with Crippen LogP contribution in [-0.4, -0.2) is 74.5 Å². The first-order chi connectivity index (χ1) is 20.9. The molecule has 3 heterocycles. The van der Waals surface area contributed by atoms with E-state index in [-0.39, 0.29) is 29.4 Å². The first-order valence-corrected chi connectivity index (χ1v) is 15.6. The molecule has 2 aromatic heterocycles. The standard InChI is InChI=1S/C28H31ClF2N6O6S/c1-2-44(40,41)22-7-3-17(4-8-22)23(14-35-28(32)39)36-26(38)18-5-9-24(33-12-18)37-15-21(11-20(37)16-42-27(30)31)43-25-10-6-19(29)13-34-25/h3-10,12-13,20-21,23,27H,2,11,14-16H2,1H3,(H,36,38)(H3,32,35,39)/t20-,21-,23-/m0/s1. The minimum atomic E-state index is -3.43. The van der Waals surface area contributed by atoms with Crippen molar-refractivity contribution in [1.29, 1.82) is 0 Å². The van der Waals surface area contributed by atoms with Gasteiger partial charge in [-0.2, -0.15) is 8.78 Å². The van der Waals surface area contributed by atoms with E-state index in [1.54, 1.807) is 35.2 Å². The molecule has 12 nitrogen and oxygen atoms in total. The molecule has 0 bridgehead atoms. The first-order valence-electron chi connectivity index (χ1n) is 13.5. The van der Waals surface area contributed by atoms with E-state index < -0.39 is 46.6 Å². The summed E-state index contributed by atoms with van der Waals surface area (Å²) in [6, 6.07) is 10.2. The molecule has 1 aromatic carbocycles. The second kappa shape index (κ2) is 14.6. The normalized spacial score (nSPS) is 17.3. The van der Waals surface area contributed by atoms with Gasteiger partial charge in [-0.15, -0.1) is 0 Å². The molecule has 4 rings (SSSR count). The molecule has 4 N–H and O–H groups in total. The number of sulfone groups is 1. The van der Waals surface area contributed by atoms with Gasteiger partial charge in [-0.05, 0) is 35.9 Å². The lowest BCUT2D eigenvalue weighted by atomic mass is 10.1. The number of hydrogen-bond donors (Lipinski definition) is 3. The van der Waals surface area contributed by atoms with Crippen LogP contribution in [0.3, 0.4) is 0 Å². The van der Waals surface area contributed by atoms with Crippen LogP contribution in [0.15, 0.2) is 65.8 Å². The van der Waals surface area contributed by atoms with E-state index in [4.69, 9.17) is 22.1 Å². The first kappa shape index (κ1) is 32.8. The van der Waals surface area contributed by atoms with Crippen LogP contribution >= 0.6 is 11.6 Å². The number of carbonyl (C=O) groups is 2. The molecule has 3 atom stereocenters. The van der Waals surface area contributed by atoms with Gasteiger partial charge in [-0.3, -0.25) is 4.79 Å². The number of rotatable bonds is 13. The zero-order valence-electron chi connectivity index (χ0n) is 23.5. The van der Waals surface area contributed by atoms with Gasteiger partial charge in [0.15, 0.2) is 9.84 Å². The van der Waals surface area contributed by atoms with Gasteiger partial charge in [0.05, 0.1) is 46.5 Å². The van der Waals surface area contributed by atoms with Gasteiger partial charge in [-0.1, -0.05) is 30.7 Å². The molecule has 1 fully saturated rings. The van der Waals surface area contributed by atoms with E-state index in [1.807, 2.05) is 0 Å². The van der Waals surface area contributed by atoms with Crippen LogP contribution < -0.4 is 26.0 Å². The number of primary amides is 1. The SMILES string of the molecule is CCS(=O)(=O)c1ccc([C@H](CNC(N)=O)NC(=O)c2ccc(N3C[C@@H](Oc4ccc(Cl)cn4)C[C@H]3COC(F)F)nc2)cc1. The van der Waals surface area contributed by atoms with E-state index in [0.29, 0.717) is 35.2 Å².